The number of ether oxygens (including phenoxy) is 2. The molecule has 0 aromatic heterocycles. The van der Waals surface area contributed by atoms with Crippen LogP contribution in [0.5, 0.6) is 5.75 Å². The van der Waals surface area contributed by atoms with E-state index < -0.39 is 0 Å². The predicted octanol–water partition coefficient (Wildman–Crippen LogP) is 0.861. The van der Waals surface area contributed by atoms with Crippen LogP contribution in [0.2, 0.25) is 0 Å². The molecular weight excluding hydrogens is 244 g/mol. The Hall–Kier alpha value is -1.30. The van der Waals surface area contributed by atoms with E-state index in [1.807, 2.05) is 25.1 Å². The molecule has 1 aromatic rings. The summed E-state index contributed by atoms with van der Waals surface area (Å²) in [5.74, 6) is 0.861. The molecule has 1 aromatic carbocycles. The van der Waals surface area contributed by atoms with Gasteiger partial charge in [-0.15, -0.1) is 0 Å². The van der Waals surface area contributed by atoms with Gasteiger partial charge in [0.25, 0.3) is 0 Å². The lowest BCUT2D eigenvalue weighted by molar-refractivity contribution is -0.0315. The monoisotopic (exact) mass is 266 g/mol. The summed E-state index contributed by atoms with van der Waals surface area (Å²) in [6, 6.07) is 5.74. The zero-order valence-electron chi connectivity index (χ0n) is 11.3. The van der Waals surface area contributed by atoms with Gasteiger partial charge in [-0.05, 0) is 25.1 Å². The molecule has 5 heteroatoms. The number of morpholine rings is 1. The third-order valence-electron chi connectivity index (χ3n) is 3.32. The Kier molecular flexibility index (Phi) is 5.01. The van der Waals surface area contributed by atoms with E-state index in [1.165, 1.54) is 0 Å². The molecule has 1 heterocycles. The Balaban J connectivity index is 2.14. The van der Waals surface area contributed by atoms with Crippen molar-refractivity contribution >= 4 is 5.69 Å². The van der Waals surface area contributed by atoms with Crippen LogP contribution in [0, 0.1) is 0 Å². The van der Waals surface area contributed by atoms with Crippen LogP contribution in [-0.4, -0.2) is 49.0 Å². The highest BCUT2D eigenvalue weighted by Crippen LogP contribution is 2.24. The maximum atomic E-state index is 9.39. The van der Waals surface area contributed by atoms with Crippen LogP contribution in [0.3, 0.4) is 0 Å². The molecular formula is C14H22N2O3. The molecule has 2 rings (SSSR count). The van der Waals surface area contributed by atoms with Crippen molar-refractivity contribution in [3.8, 4) is 5.75 Å². The lowest BCUT2D eigenvalue weighted by Crippen LogP contribution is -2.46. The van der Waals surface area contributed by atoms with Crippen molar-refractivity contribution < 1.29 is 14.6 Å². The van der Waals surface area contributed by atoms with Crippen LogP contribution in [0.15, 0.2) is 18.2 Å². The van der Waals surface area contributed by atoms with Crippen molar-refractivity contribution in [1.82, 2.24) is 4.90 Å². The molecule has 1 fully saturated rings. The van der Waals surface area contributed by atoms with E-state index in [4.69, 9.17) is 15.2 Å². The molecule has 5 nitrogen and oxygen atoms in total. The molecule has 0 amide bonds. The minimum absolute atomic E-state index is 0.0460. The minimum atomic E-state index is 0.0460. The van der Waals surface area contributed by atoms with Crippen molar-refractivity contribution in [1.29, 1.82) is 0 Å². The first-order valence-electron chi connectivity index (χ1n) is 6.68. The molecule has 0 saturated carbocycles. The van der Waals surface area contributed by atoms with Gasteiger partial charge >= 0.3 is 0 Å². The summed E-state index contributed by atoms with van der Waals surface area (Å²) in [6.45, 7) is 5.49. The number of anilines is 1. The number of aliphatic hydroxyl groups is 1. The average Bonchev–Trinajstić information content (AvgIpc) is 2.42. The molecule has 1 aliphatic heterocycles. The Morgan fingerprint density at radius 1 is 1.53 bits per heavy atom. The Morgan fingerprint density at radius 2 is 2.37 bits per heavy atom. The van der Waals surface area contributed by atoms with Crippen molar-refractivity contribution in [2.24, 2.45) is 0 Å². The fourth-order valence-corrected chi connectivity index (χ4v) is 2.30. The standard InChI is InChI=1S/C14H22N2O3/c1-2-19-14-4-3-12(15)7-11(14)8-16-5-6-18-10-13(16)9-17/h3-4,7,13,17H,2,5-6,8-10,15H2,1H3. The van der Waals surface area contributed by atoms with Gasteiger partial charge in [0.1, 0.15) is 5.75 Å². The second-order valence-corrected chi connectivity index (χ2v) is 4.68. The summed E-state index contributed by atoms with van der Waals surface area (Å²) in [5, 5.41) is 9.39. The van der Waals surface area contributed by atoms with Crippen molar-refractivity contribution in [2.45, 2.75) is 19.5 Å². The summed E-state index contributed by atoms with van der Waals surface area (Å²) in [5.41, 5.74) is 7.63. The molecule has 0 aliphatic carbocycles. The Bertz CT molecular complexity index is 412. The van der Waals surface area contributed by atoms with Crippen molar-refractivity contribution in [3.63, 3.8) is 0 Å². The Labute approximate surface area is 113 Å². The highest BCUT2D eigenvalue weighted by molar-refractivity contribution is 5.47. The molecule has 106 valence electrons. The van der Waals surface area contributed by atoms with Crippen molar-refractivity contribution in [2.75, 3.05) is 38.7 Å². The van der Waals surface area contributed by atoms with Crippen LogP contribution in [0.25, 0.3) is 0 Å². The first kappa shape index (κ1) is 14.1. The smallest absolute Gasteiger partial charge is 0.123 e. The quantitative estimate of drug-likeness (QED) is 0.774. The van der Waals surface area contributed by atoms with Gasteiger partial charge in [0.2, 0.25) is 0 Å². The number of nitrogens with two attached hydrogens (primary N) is 1. The number of benzene rings is 1. The molecule has 0 bridgehead atoms. The first-order valence-corrected chi connectivity index (χ1v) is 6.68. The number of nitrogen functional groups attached to an aromatic ring is 1. The molecule has 1 atom stereocenters. The second-order valence-electron chi connectivity index (χ2n) is 4.68. The van der Waals surface area contributed by atoms with Gasteiger partial charge in [-0.2, -0.15) is 0 Å². The lowest BCUT2D eigenvalue weighted by Gasteiger charge is -2.34. The molecule has 1 unspecified atom stereocenters. The largest absolute Gasteiger partial charge is 0.494 e. The SMILES string of the molecule is CCOc1ccc(N)cc1CN1CCOCC1CO. The number of nitrogens with zero attached hydrogens (tertiary/aromatic N) is 1. The summed E-state index contributed by atoms with van der Waals surface area (Å²) in [6.07, 6.45) is 0. The van der Waals surface area contributed by atoms with E-state index in [-0.39, 0.29) is 12.6 Å². The summed E-state index contributed by atoms with van der Waals surface area (Å²) < 4.78 is 11.0. The number of rotatable bonds is 5. The van der Waals surface area contributed by atoms with Crippen molar-refractivity contribution in [3.05, 3.63) is 23.8 Å². The van der Waals surface area contributed by atoms with Crippen LogP contribution < -0.4 is 10.5 Å². The maximum absolute atomic E-state index is 9.39. The van der Waals surface area contributed by atoms with Crippen LogP contribution in [-0.2, 0) is 11.3 Å². The molecule has 1 aliphatic rings. The topological polar surface area (TPSA) is 68.0 Å². The van der Waals surface area contributed by atoms with Gasteiger partial charge in [0, 0.05) is 24.3 Å². The fraction of sp³-hybridized carbons (Fsp3) is 0.571. The average molecular weight is 266 g/mol. The van der Waals surface area contributed by atoms with Gasteiger partial charge in [-0.25, -0.2) is 0 Å². The normalized spacial score (nSPS) is 20.4. The number of aliphatic hydroxyl groups excluding tert-OH is 1. The lowest BCUT2D eigenvalue weighted by atomic mass is 10.1. The van der Waals surface area contributed by atoms with E-state index in [2.05, 4.69) is 4.90 Å². The highest BCUT2D eigenvalue weighted by Gasteiger charge is 2.23. The zero-order chi connectivity index (χ0) is 13.7. The third kappa shape index (κ3) is 3.59. The predicted molar refractivity (Wildman–Crippen MR) is 74.1 cm³/mol. The third-order valence-corrected chi connectivity index (χ3v) is 3.32. The van der Waals surface area contributed by atoms with Crippen LogP contribution in [0.1, 0.15) is 12.5 Å². The molecule has 3 N–H and O–H groups in total. The van der Waals surface area contributed by atoms with Gasteiger partial charge in [0.15, 0.2) is 0 Å². The molecule has 0 spiro atoms. The van der Waals surface area contributed by atoms with E-state index in [0.717, 1.165) is 30.1 Å². The van der Waals surface area contributed by atoms with E-state index in [0.29, 0.717) is 19.8 Å². The number of hydrogen-bond donors (Lipinski definition) is 2. The zero-order valence-corrected chi connectivity index (χ0v) is 11.3. The second kappa shape index (κ2) is 6.75. The van der Waals surface area contributed by atoms with Gasteiger partial charge in [-0.3, -0.25) is 4.90 Å². The van der Waals surface area contributed by atoms with E-state index in [9.17, 15) is 5.11 Å². The van der Waals surface area contributed by atoms with E-state index >= 15 is 0 Å². The van der Waals surface area contributed by atoms with Crippen LogP contribution in [0.4, 0.5) is 5.69 Å². The first-order chi connectivity index (χ1) is 9.24. The van der Waals surface area contributed by atoms with Gasteiger partial charge < -0.3 is 20.3 Å². The number of hydrogen-bond acceptors (Lipinski definition) is 5. The maximum Gasteiger partial charge on any atom is 0.123 e. The van der Waals surface area contributed by atoms with E-state index in [1.54, 1.807) is 0 Å². The fourth-order valence-electron chi connectivity index (χ4n) is 2.30. The van der Waals surface area contributed by atoms with Gasteiger partial charge in [-0.1, -0.05) is 0 Å². The molecule has 1 saturated heterocycles. The van der Waals surface area contributed by atoms with Crippen LogP contribution >= 0.6 is 0 Å². The summed E-state index contributed by atoms with van der Waals surface area (Å²) in [7, 11) is 0. The Morgan fingerprint density at radius 3 is 3.11 bits per heavy atom. The highest BCUT2D eigenvalue weighted by atomic mass is 16.5. The van der Waals surface area contributed by atoms with Gasteiger partial charge in [0.05, 0.1) is 32.5 Å². The summed E-state index contributed by atoms with van der Waals surface area (Å²) in [4.78, 5) is 2.21. The molecule has 0 radical (unpaired) electrons. The summed E-state index contributed by atoms with van der Waals surface area (Å²) >= 11 is 0. The molecule has 19 heavy (non-hydrogen) atoms. The minimum Gasteiger partial charge on any atom is -0.494 e.